The lowest BCUT2D eigenvalue weighted by Gasteiger charge is -2.29. The summed E-state index contributed by atoms with van der Waals surface area (Å²) in [5.74, 6) is -0.308. The van der Waals surface area contributed by atoms with E-state index in [9.17, 15) is 14.7 Å². The molecule has 0 aromatic heterocycles. The lowest BCUT2D eigenvalue weighted by atomic mass is 10.1. The summed E-state index contributed by atoms with van der Waals surface area (Å²) in [7, 11) is 1.66. The van der Waals surface area contributed by atoms with Gasteiger partial charge in [0.05, 0.1) is 6.10 Å². The highest BCUT2D eigenvalue weighted by molar-refractivity contribution is 6.30. The van der Waals surface area contributed by atoms with Gasteiger partial charge >= 0.3 is 6.09 Å². The fourth-order valence-corrected chi connectivity index (χ4v) is 3.37. The van der Waals surface area contributed by atoms with Crippen LogP contribution in [0.25, 0.3) is 0 Å². The molecule has 2 aromatic rings. The first-order chi connectivity index (χ1) is 13.5. The van der Waals surface area contributed by atoms with Crippen molar-refractivity contribution in [3.63, 3.8) is 0 Å². The van der Waals surface area contributed by atoms with Gasteiger partial charge < -0.3 is 14.7 Å². The molecule has 2 amide bonds. The zero-order valence-corrected chi connectivity index (χ0v) is 16.4. The van der Waals surface area contributed by atoms with Gasteiger partial charge in [-0.3, -0.25) is 9.69 Å². The number of carbonyl (C=O) groups is 2. The number of nitrogens with zero attached hydrogens (tertiary/aromatic N) is 2. The molecule has 1 aliphatic rings. The monoisotopic (exact) mass is 402 g/mol. The van der Waals surface area contributed by atoms with Crippen LogP contribution in [0, 0.1) is 0 Å². The van der Waals surface area contributed by atoms with Crippen LogP contribution in [0.1, 0.15) is 17.5 Å². The molecule has 1 aliphatic heterocycles. The van der Waals surface area contributed by atoms with Crippen molar-refractivity contribution in [3.8, 4) is 0 Å². The highest BCUT2D eigenvalue weighted by Gasteiger charge is 2.43. The van der Waals surface area contributed by atoms with Gasteiger partial charge in [-0.15, -0.1) is 0 Å². The minimum absolute atomic E-state index is 0.0728. The second-order valence-electron chi connectivity index (χ2n) is 6.86. The molecule has 0 spiro atoms. The van der Waals surface area contributed by atoms with Crippen LogP contribution >= 0.6 is 11.6 Å². The first kappa shape index (κ1) is 20.2. The number of amides is 2. The zero-order valence-electron chi connectivity index (χ0n) is 15.6. The van der Waals surface area contributed by atoms with Crippen molar-refractivity contribution in [2.24, 2.45) is 0 Å². The van der Waals surface area contributed by atoms with Crippen LogP contribution in [-0.4, -0.2) is 52.6 Å². The van der Waals surface area contributed by atoms with Gasteiger partial charge in [-0.1, -0.05) is 54.1 Å². The lowest BCUT2D eigenvalue weighted by molar-refractivity contribution is -0.137. The van der Waals surface area contributed by atoms with Gasteiger partial charge in [-0.2, -0.15) is 0 Å². The number of halogens is 1. The molecular formula is C21H23ClN2O4. The maximum absolute atomic E-state index is 12.9. The molecule has 0 saturated carbocycles. The Morgan fingerprint density at radius 1 is 1.14 bits per heavy atom. The van der Waals surface area contributed by atoms with Gasteiger partial charge in [0, 0.05) is 25.2 Å². The van der Waals surface area contributed by atoms with Crippen molar-refractivity contribution in [2.75, 3.05) is 13.6 Å². The van der Waals surface area contributed by atoms with Crippen LogP contribution in [0.15, 0.2) is 54.6 Å². The van der Waals surface area contributed by atoms with E-state index in [1.807, 2.05) is 30.3 Å². The van der Waals surface area contributed by atoms with Crippen molar-refractivity contribution >= 4 is 23.6 Å². The first-order valence-corrected chi connectivity index (χ1v) is 9.48. The summed E-state index contributed by atoms with van der Waals surface area (Å²) >= 11 is 5.85. The lowest BCUT2D eigenvalue weighted by Crippen LogP contribution is -2.50. The predicted molar refractivity (Wildman–Crippen MR) is 106 cm³/mol. The second kappa shape index (κ2) is 9.08. The summed E-state index contributed by atoms with van der Waals surface area (Å²) in [5, 5.41) is 10.9. The van der Waals surface area contributed by atoms with Crippen LogP contribution in [0.2, 0.25) is 5.02 Å². The number of aliphatic hydroxyl groups excluding tert-OH is 1. The number of rotatable bonds is 5. The Morgan fingerprint density at radius 3 is 2.50 bits per heavy atom. The van der Waals surface area contributed by atoms with Crippen LogP contribution in [0.5, 0.6) is 0 Å². The molecule has 2 aromatic carbocycles. The highest BCUT2D eigenvalue weighted by Crippen LogP contribution is 2.22. The summed E-state index contributed by atoms with van der Waals surface area (Å²) in [6.45, 7) is 0.746. The fourth-order valence-electron chi connectivity index (χ4n) is 3.25. The van der Waals surface area contributed by atoms with Crippen molar-refractivity contribution in [2.45, 2.75) is 31.7 Å². The normalized spacial score (nSPS) is 18.8. The maximum atomic E-state index is 12.9. The van der Waals surface area contributed by atoms with E-state index in [4.69, 9.17) is 16.3 Å². The smallest absolute Gasteiger partial charge is 0.410 e. The second-order valence-corrected chi connectivity index (χ2v) is 7.29. The number of aliphatic hydroxyl groups is 1. The summed E-state index contributed by atoms with van der Waals surface area (Å²) in [6, 6.07) is 15.6. The Bertz CT molecular complexity index is 813. The van der Waals surface area contributed by atoms with E-state index in [2.05, 4.69) is 0 Å². The molecule has 2 atom stereocenters. The van der Waals surface area contributed by atoms with E-state index < -0.39 is 18.2 Å². The van der Waals surface area contributed by atoms with E-state index in [1.54, 1.807) is 31.3 Å². The molecule has 28 heavy (non-hydrogen) atoms. The molecule has 0 aliphatic carbocycles. The molecule has 1 heterocycles. The first-order valence-electron chi connectivity index (χ1n) is 9.10. The number of hydrogen-bond donors (Lipinski definition) is 1. The van der Waals surface area contributed by atoms with E-state index in [0.29, 0.717) is 18.0 Å². The number of likely N-dealkylation sites (tertiary alicyclic amines) is 1. The average Bonchev–Trinajstić information content (AvgIpc) is 3.09. The quantitative estimate of drug-likeness (QED) is 0.834. The highest BCUT2D eigenvalue weighted by atomic mass is 35.5. The Morgan fingerprint density at radius 2 is 1.82 bits per heavy atom. The molecule has 0 bridgehead atoms. The van der Waals surface area contributed by atoms with Gasteiger partial charge in [0.2, 0.25) is 5.91 Å². The Kier molecular flexibility index (Phi) is 6.54. The minimum Gasteiger partial charge on any atom is -0.445 e. The third-order valence-corrected chi connectivity index (χ3v) is 5.02. The number of carbonyl (C=O) groups excluding carboxylic acids is 2. The summed E-state index contributed by atoms with van der Waals surface area (Å²) < 4.78 is 5.34. The molecule has 0 radical (unpaired) electrons. The molecule has 1 N–H and O–H groups in total. The SMILES string of the molecule is CN(Cc1ccccc1)C(=O)[C@@H]1C(O)CCN1C(=O)OCc1ccc(Cl)cc1. The minimum atomic E-state index is -0.938. The molecular weight excluding hydrogens is 380 g/mol. The van der Waals surface area contributed by atoms with Gasteiger partial charge in [-0.05, 0) is 29.7 Å². The topological polar surface area (TPSA) is 70.1 Å². The number of likely N-dealkylation sites (N-methyl/N-ethyl adjacent to an activating group) is 1. The summed E-state index contributed by atoms with van der Waals surface area (Å²) in [6.07, 6.45) is -1.18. The standard InChI is InChI=1S/C21H23ClN2O4/c1-23(13-15-5-3-2-4-6-15)20(26)19-18(25)11-12-24(19)21(27)28-14-16-7-9-17(22)10-8-16/h2-10,18-19,25H,11-14H2,1H3/t18?,19-/m0/s1. The number of benzene rings is 2. The fraction of sp³-hybridized carbons (Fsp3) is 0.333. The van der Waals surface area contributed by atoms with Gasteiger partial charge in [0.25, 0.3) is 0 Å². The summed E-state index contributed by atoms with van der Waals surface area (Å²) in [5.41, 5.74) is 1.77. The van der Waals surface area contributed by atoms with Crippen molar-refractivity contribution in [1.29, 1.82) is 0 Å². The Labute approximate surface area is 169 Å². The number of hydrogen-bond acceptors (Lipinski definition) is 4. The molecule has 3 rings (SSSR count). The zero-order chi connectivity index (χ0) is 20.1. The van der Waals surface area contributed by atoms with E-state index in [0.717, 1.165) is 11.1 Å². The summed E-state index contributed by atoms with van der Waals surface area (Å²) in [4.78, 5) is 28.2. The molecule has 7 heteroatoms. The number of ether oxygens (including phenoxy) is 1. The van der Waals surface area contributed by atoms with E-state index in [-0.39, 0.29) is 19.1 Å². The van der Waals surface area contributed by atoms with Gasteiger partial charge in [-0.25, -0.2) is 4.79 Å². The molecule has 1 fully saturated rings. The maximum Gasteiger partial charge on any atom is 0.410 e. The molecule has 6 nitrogen and oxygen atoms in total. The van der Waals surface area contributed by atoms with E-state index >= 15 is 0 Å². The molecule has 148 valence electrons. The van der Waals surface area contributed by atoms with Gasteiger partial charge in [0.1, 0.15) is 12.6 Å². The molecule has 1 saturated heterocycles. The van der Waals surface area contributed by atoms with Crippen molar-refractivity contribution < 1.29 is 19.4 Å². The molecule has 1 unspecified atom stereocenters. The van der Waals surface area contributed by atoms with Gasteiger partial charge in [0.15, 0.2) is 0 Å². The largest absolute Gasteiger partial charge is 0.445 e. The van der Waals surface area contributed by atoms with E-state index in [1.165, 1.54) is 9.80 Å². The van der Waals surface area contributed by atoms with Crippen molar-refractivity contribution in [3.05, 3.63) is 70.7 Å². The van der Waals surface area contributed by atoms with Crippen LogP contribution < -0.4 is 0 Å². The predicted octanol–water partition coefficient (Wildman–Crippen LogP) is 3.07. The van der Waals surface area contributed by atoms with Crippen molar-refractivity contribution in [1.82, 2.24) is 9.80 Å². The average molecular weight is 403 g/mol. The van der Waals surface area contributed by atoms with Crippen LogP contribution in [0.4, 0.5) is 4.79 Å². The Hall–Kier alpha value is -2.57. The van der Waals surface area contributed by atoms with Crippen LogP contribution in [0.3, 0.4) is 0 Å². The third-order valence-electron chi connectivity index (χ3n) is 4.77. The Balaban J connectivity index is 1.62. The third kappa shape index (κ3) is 4.82. The van der Waals surface area contributed by atoms with Crippen LogP contribution in [-0.2, 0) is 22.7 Å².